The summed E-state index contributed by atoms with van der Waals surface area (Å²) in [5.74, 6) is 2.61. The van der Waals surface area contributed by atoms with Gasteiger partial charge in [0.15, 0.2) is 0 Å². The van der Waals surface area contributed by atoms with Gasteiger partial charge < -0.3 is 15.0 Å². The van der Waals surface area contributed by atoms with E-state index in [1.807, 2.05) is 6.92 Å². The number of nitrogens with two attached hydrogens (primary N) is 1. The normalized spacial score (nSPS) is 37.0. The van der Waals surface area contributed by atoms with E-state index in [-0.39, 0.29) is 11.6 Å². The topological polar surface area (TPSA) is 74.2 Å². The second kappa shape index (κ2) is 6.05. The van der Waals surface area contributed by atoms with Crippen molar-refractivity contribution in [1.29, 1.82) is 0 Å². The maximum absolute atomic E-state index is 6.09. The summed E-state index contributed by atoms with van der Waals surface area (Å²) in [7, 11) is 0. The molecular weight excluding hydrogens is 266 g/mol. The van der Waals surface area contributed by atoms with E-state index in [2.05, 4.69) is 12.1 Å². The highest BCUT2D eigenvalue weighted by Gasteiger charge is 2.41. The minimum absolute atomic E-state index is 0.279. The molecule has 2 N–H and O–H groups in total. The number of hydrogen-bond acceptors (Lipinski definition) is 5. The van der Waals surface area contributed by atoms with Crippen molar-refractivity contribution in [2.24, 2.45) is 11.7 Å². The molecule has 1 aromatic rings. The van der Waals surface area contributed by atoms with Crippen molar-refractivity contribution in [2.75, 3.05) is 6.61 Å². The highest BCUT2D eigenvalue weighted by Crippen LogP contribution is 2.42. The van der Waals surface area contributed by atoms with Crippen molar-refractivity contribution in [3.63, 3.8) is 0 Å². The molecule has 2 aliphatic rings. The van der Waals surface area contributed by atoms with E-state index >= 15 is 0 Å². The van der Waals surface area contributed by atoms with Crippen LogP contribution in [0.2, 0.25) is 0 Å². The van der Waals surface area contributed by atoms with Crippen LogP contribution in [0.5, 0.6) is 0 Å². The molecule has 0 unspecified atom stereocenters. The number of nitrogens with zero attached hydrogens (tertiary/aromatic N) is 2. The molecule has 2 saturated carbocycles. The molecule has 5 heteroatoms. The van der Waals surface area contributed by atoms with Gasteiger partial charge in [0.25, 0.3) is 0 Å². The highest BCUT2D eigenvalue weighted by atomic mass is 16.5. The predicted octanol–water partition coefficient (Wildman–Crippen LogP) is 3.11. The number of aromatic nitrogens is 2. The van der Waals surface area contributed by atoms with Gasteiger partial charge in [0, 0.05) is 18.6 Å². The van der Waals surface area contributed by atoms with E-state index < -0.39 is 0 Å². The van der Waals surface area contributed by atoms with E-state index in [1.54, 1.807) is 0 Å². The van der Waals surface area contributed by atoms with Crippen LogP contribution in [0.3, 0.4) is 0 Å². The van der Waals surface area contributed by atoms with E-state index in [0.717, 1.165) is 62.6 Å². The monoisotopic (exact) mass is 293 g/mol. The van der Waals surface area contributed by atoms with E-state index in [1.165, 1.54) is 0 Å². The molecule has 0 amide bonds. The molecule has 1 heterocycles. The summed E-state index contributed by atoms with van der Waals surface area (Å²) in [6.07, 6.45) is 7.38. The molecule has 2 aliphatic carbocycles. The fraction of sp³-hybridized carbons (Fsp3) is 0.875. The summed E-state index contributed by atoms with van der Waals surface area (Å²) in [5.41, 5.74) is 5.66. The minimum Gasteiger partial charge on any atom is -0.367 e. The first kappa shape index (κ1) is 15.0. The van der Waals surface area contributed by atoms with Gasteiger partial charge in [0.2, 0.25) is 11.7 Å². The van der Waals surface area contributed by atoms with Crippen LogP contribution in [0, 0.1) is 5.92 Å². The fourth-order valence-electron chi connectivity index (χ4n) is 3.76. The van der Waals surface area contributed by atoms with Crippen molar-refractivity contribution in [3.8, 4) is 0 Å². The molecule has 2 atom stereocenters. The predicted molar refractivity (Wildman–Crippen MR) is 79.8 cm³/mol. The molecule has 0 radical (unpaired) electrons. The van der Waals surface area contributed by atoms with Gasteiger partial charge in [-0.3, -0.25) is 0 Å². The van der Waals surface area contributed by atoms with Crippen LogP contribution in [0.1, 0.15) is 76.4 Å². The van der Waals surface area contributed by atoms with Gasteiger partial charge in [-0.15, -0.1) is 0 Å². The molecular formula is C16H27N3O2. The molecule has 3 rings (SSSR count). The Kier molecular flexibility index (Phi) is 4.31. The summed E-state index contributed by atoms with van der Waals surface area (Å²) in [5, 5.41) is 4.27. The maximum Gasteiger partial charge on any atom is 0.229 e. The van der Waals surface area contributed by atoms with Gasteiger partial charge >= 0.3 is 0 Å². The summed E-state index contributed by atoms with van der Waals surface area (Å²) in [6, 6.07) is 0.279. The third-order valence-electron chi connectivity index (χ3n) is 5.17. The van der Waals surface area contributed by atoms with Gasteiger partial charge in [0.05, 0.1) is 0 Å². The Hall–Kier alpha value is -0.940. The summed E-state index contributed by atoms with van der Waals surface area (Å²) < 4.78 is 11.6. The Morgan fingerprint density at radius 3 is 2.67 bits per heavy atom. The summed E-state index contributed by atoms with van der Waals surface area (Å²) in [4.78, 5) is 4.71. The third-order valence-corrected chi connectivity index (χ3v) is 5.17. The molecule has 0 saturated heterocycles. The standard InChI is InChI=1S/C16H27N3O2/c1-3-20-16(8-6-11(2)7-9-16)15-18-14(21-19-15)12-4-5-13(17)10-12/h11-13H,3-10,17H2,1-2H3/t11?,12-,13+,16?/m1/s1. The Labute approximate surface area is 126 Å². The minimum atomic E-state index is -0.330. The molecule has 5 nitrogen and oxygen atoms in total. The Morgan fingerprint density at radius 1 is 1.29 bits per heavy atom. The lowest BCUT2D eigenvalue weighted by Crippen LogP contribution is -2.35. The average Bonchev–Trinajstić information content (AvgIpc) is 3.11. The smallest absolute Gasteiger partial charge is 0.229 e. The first-order chi connectivity index (χ1) is 10.1. The first-order valence-corrected chi connectivity index (χ1v) is 8.36. The second-order valence-electron chi connectivity index (χ2n) is 6.84. The molecule has 2 fully saturated rings. The van der Waals surface area contributed by atoms with Gasteiger partial charge in [0.1, 0.15) is 5.60 Å². The molecule has 1 aromatic heterocycles. The quantitative estimate of drug-likeness (QED) is 0.923. The largest absolute Gasteiger partial charge is 0.367 e. The molecule has 118 valence electrons. The first-order valence-electron chi connectivity index (χ1n) is 8.36. The van der Waals surface area contributed by atoms with Gasteiger partial charge in [-0.25, -0.2) is 0 Å². The van der Waals surface area contributed by atoms with Crippen LogP contribution in [-0.4, -0.2) is 22.8 Å². The lowest BCUT2D eigenvalue weighted by Gasteiger charge is -2.36. The zero-order valence-electron chi connectivity index (χ0n) is 13.2. The maximum atomic E-state index is 6.09. The van der Waals surface area contributed by atoms with Crippen molar-refractivity contribution in [2.45, 2.75) is 76.4 Å². The fourth-order valence-corrected chi connectivity index (χ4v) is 3.76. The Balaban J connectivity index is 1.79. The summed E-state index contributed by atoms with van der Waals surface area (Å²) in [6.45, 7) is 5.03. The molecule has 0 spiro atoms. The SMILES string of the molecule is CCOC1(c2noc([C@@H]3CC[C@H](N)C3)n2)CCC(C)CC1. The van der Waals surface area contributed by atoms with E-state index in [9.17, 15) is 0 Å². The zero-order valence-corrected chi connectivity index (χ0v) is 13.2. The van der Waals surface area contributed by atoms with Crippen molar-refractivity contribution < 1.29 is 9.26 Å². The second-order valence-corrected chi connectivity index (χ2v) is 6.84. The van der Waals surface area contributed by atoms with Gasteiger partial charge in [-0.1, -0.05) is 12.1 Å². The van der Waals surface area contributed by atoms with E-state index in [0.29, 0.717) is 12.5 Å². The summed E-state index contributed by atoms with van der Waals surface area (Å²) >= 11 is 0. The lowest BCUT2D eigenvalue weighted by molar-refractivity contribution is -0.0847. The highest BCUT2D eigenvalue weighted by molar-refractivity contribution is 5.07. The van der Waals surface area contributed by atoms with Gasteiger partial charge in [-0.2, -0.15) is 4.98 Å². The van der Waals surface area contributed by atoms with Crippen molar-refractivity contribution >= 4 is 0 Å². The molecule has 0 aromatic carbocycles. The average molecular weight is 293 g/mol. The Morgan fingerprint density at radius 2 is 2.05 bits per heavy atom. The number of rotatable bonds is 4. The van der Waals surface area contributed by atoms with Crippen molar-refractivity contribution in [3.05, 3.63) is 11.7 Å². The number of ether oxygens (including phenoxy) is 1. The van der Waals surface area contributed by atoms with Crippen LogP contribution < -0.4 is 5.73 Å². The van der Waals surface area contributed by atoms with Crippen LogP contribution >= 0.6 is 0 Å². The molecule has 0 aliphatic heterocycles. The van der Waals surface area contributed by atoms with Crippen LogP contribution in [0.15, 0.2) is 4.52 Å². The number of hydrogen-bond donors (Lipinski definition) is 1. The van der Waals surface area contributed by atoms with Gasteiger partial charge in [-0.05, 0) is 57.8 Å². The third kappa shape index (κ3) is 2.99. The van der Waals surface area contributed by atoms with Crippen LogP contribution in [0.25, 0.3) is 0 Å². The zero-order chi connectivity index (χ0) is 14.9. The lowest BCUT2D eigenvalue weighted by atomic mass is 9.79. The molecule has 0 bridgehead atoms. The van der Waals surface area contributed by atoms with E-state index in [4.69, 9.17) is 20.0 Å². The Bertz CT molecular complexity index is 466. The van der Waals surface area contributed by atoms with Crippen LogP contribution in [-0.2, 0) is 10.3 Å². The van der Waals surface area contributed by atoms with Crippen molar-refractivity contribution in [1.82, 2.24) is 10.1 Å². The molecule has 21 heavy (non-hydrogen) atoms. The van der Waals surface area contributed by atoms with Crippen LogP contribution in [0.4, 0.5) is 0 Å².